The Bertz CT molecular complexity index is 1120. The smallest absolute Gasteiger partial charge is 0.276 e. The van der Waals surface area contributed by atoms with E-state index in [1.807, 2.05) is 48.7 Å². The van der Waals surface area contributed by atoms with Gasteiger partial charge in [0.15, 0.2) is 11.0 Å². The molecular weight excluding hydrogens is 380 g/mol. The zero-order valence-electron chi connectivity index (χ0n) is 15.0. The van der Waals surface area contributed by atoms with Gasteiger partial charge in [0.25, 0.3) is 5.56 Å². The van der Waals surface area contributed by atoms with E-state index in [0.29, 0.717) is 27.1 Å². The highest BCUT2D eigenvalue weighted by atomic mass is 32.2. The number of thiophene rings is 1. The first kappa shape index (κ1) is 17.9. The van der Waals surface area contributed by atoms with E-state index in [9.17, 15) is 4.79 Å². The third-order valence-electron chi connectivity index (χ3n) is 4.05. The molecule has 3 aromatic heterocycles. The third kappa shape index (κ3) is 3.54. The summed E-state index contributed by atoms with van der Waals surface area (Å²) in [4.78, 5) is 22.3. The fourth-order valence-corrected chi connectivity index (χ4v) is 4.46. The molecule has 0 spiro atoms. The van der Waals surface area contributed by atoms with Crippen molar-refractivity contribution in [1.29, 1.82) is 0 Å². The molecule has 1 aromatic carbocycles. The van der Waals surface area contributed by atoms with Gasteiger partial charge in [0.1, 0.15) is 4.70 Å². The summed E-state index contributed by atoms with van der Waals surface area (Å²) < 4.78 is 7.71. The number of fused-ring (bicyclic) bond motifs is 1. The third-order valence-corrected chi connectivity index (χ3v) is 5.98. The fraction of sp³-hybridized carbons (Fsp3) is 0.263. The van der Waals surface area contributed by atoms with Gasteiger partial charge < -0.3 is 4.52 Å². The second-order valence-corrected chi connectivity index (χ2v) is 8.29. The van der Waals surface area contributed by atoms with Crippen molar-refractivity contribution in [2.45, 2.75) is 37.1 Å². The van der Waals surface area contributed by atoms with Gasteiger partial charge in [0, 0.05) is 6.42 Å². The lowest BCUT2D eigenvalue weighted by molar-refractivity contribution is 0.374. The van der Waals surface area contributed by atoms with E-state index >= 15 is 0 Å². The first-order chi connectivity index (χ1) is 13.2. The Balaban J connectivity index is 1.77. The van der Waals surface area contributed by atoms with E-state index in [1.165, 1.54) is 23.1 Å². The summed E-state index contributed by atoms with van der Waals surface area (Å²) >= 11 is 2.85. The average molecular weight is 399 g/mol. The lowest BCUT2D eigenvalue weighted by Gasteiger charge is -2.13. The summed E-state index contributed by atoms with van der Waals surface area (Å²) in [5.41, 5.74) is 1.44. The van der Waals surface area contributed by atoms with Gasteiger partial charge in [-0.2, -0.15) is 4.98 Å². The number of thioether (sulfide) groups is 1. The number of nitrogens with zero attached hydrogens (tertiary/aromatic N) is 4. The molecule has 0 saturated carbocycles. The topological polar surface area (TPSA) is 73.8 Å². The lowest BCUT2D eigenvalue weighted by atomic mass is 10.3. The maximum atomic E-state index is 13.1. The van der Waals surface area contributed by atoms with Crippen molar-refractivity contribution < 1.29 is 4.52 Å². The quantitative estimate of drug-likeness (QED) is 0.348. The number of aromatic nitrogens is 4. The molecule has 3 heterocycles. The number of hydrogen-bond acceptors (Lipinski definition) is 7. The van der Waals surface area contributed by atoms with Gasteiger partial charge in [-0.05, 0) is 36.9 Å². The zero-order chi connectivity index (χ0) is 18.8. The fourth-order valence-electron chi connectivity index (χ4n) is 2.74. The molecule has 8 heteroatoms. The lowest BCUT2D eigenvalue weighted by Crippen LogP contribution is -2.21. The van der Waals surface area contributed by atoms with Crippen molar-refractivity contribution in [1.82, 2.24) is 19.7 Å². The number of rotatable bonds is 6. The summed E-state index contributed by atoms with van der Waals surface area (Å²) in [6.45, 7) is 4.06. The number of hydrogen-bond donors (Lipinski definition) is 0. The van der Waals surface area contributed by atoms with Crippen LogP contribution in [0.4, 0.5) is 0 Å². The highest BCUT2D eigenvalue weighted by Crippen LogP contribution is 2.34. The Morgan fingerprint density at radius 3 is 2.81 bits per heavy atom. The van der Waals surface area contributed by atoms with Crippen LogP contribution in [0.25, 0.3) is 15.9 Å². The molecule has 4 aromatic rings. The van der Waals surface area contributed by atoms with E-state index in [0.717, 1.165) is 18.5 Å². The highest BCUT2D eigenvalue weighted by Gasteiger charge is 2.21. The van der Waals surface area contributed by atoms with Crippen LogP contribution in [0.1, 0.15) is 37.2 Å². The summed E-state index contributed by atoms with van der Waals surface area (Å²) in [5.74, 6) is 1.25. The van der Waals surface area contributed by atoms with Crippen LogP contribution >= 0.6 is 23.1 Å². The second-order valence-electron chi connectivity index (χ2n) is 6.06. The molecule has 0 N–H and O–H groups in total. The minimum Gasteiger partial charge on any atom is -0.338 e. The molecule has 4 rings (SSSR count). The monoisotopic (exact) mass is 398 g/mol. The first-order valence-electron chi connectivity index (χ1n) is 8.72. The van der Waals surface area contributed by atoms with Crippen LogP contribution in [0.3, 0.4) is 0 Å². The van der Waals surface area contributed by atoms with Gasteiger partial charge in [-0.3, -0.25) is 9.36 Å². The highest BCUT2D eigenvalue weighted by molar-refractivity contribution is 7.99. The number of aryl methyl sites for hydroxylation is 1. The van der Waals surface area contributed by atoms with Crippen molar-refractivity contribution in [3.8, 4) is 5.69 Å². The van der Waals surface area contributed by atoms with Crippen molar-refractivity contribution >= 4 is 33.3 Å². The minimum absolute atomic E-state index is 0.0619. The van der Waals surface area contributed by atoms with Gasteiger partial charge in [-0.25, -0.2) is 4.98 Å². The van der Waals surface area contributed by atoms with Crippen LogP contribution in [0.2, 0.25) is 0 Å². The Hall–Kier alpha value is -2.45. The molecule has 6 nitrogen and oxygen atoms in total. The molecule has 0 aliphatic heterocycles. The van der Waals surface area contributed by atoms with Crippen LogP contribution in [-0.2, 0) is 6.42 Å². The molecule has 1 atom stereocenters. The molecule has 0 radical (unpaired) electrons. The van der Waals surface area contributed by atoms with E-state index < -0.39 is 0 Å². The Kier molecular flexibility index (Phi) is 5.09. The van der Waals surface area contributed by atoms with Gasteiger partial charge in [-0.1, -0.05) is 42.0 Å². The molecule has 0 aliphatic carbocycles. The van der Waals surface area contributed by atoms with Crippen molar-refractivity contribution in [2.75, 3.05) is 0 Å². The molecule has 27 heavy (non-hydrogen) atoms. The van der Waals surface area contributed by atoms with E-state index in [1.54, 1.807) is 4.57 Å². The predicted molar refractivity (Wildman–Crippen MR) is 108 cm³/mol. The second kappa shape index (κ2) is 7.66. The molecule has 0 unspecified atom stereocenters. The molecular formula is C19H18N4O2S2. The molecule has 0 bridgehead atoms. The van der Waals surface area contributed by atoms with Crippen LogP contribution < -0.4 is 5.56 Å². The minimum atomic E-state index is -0.124. The summed E-state index contributed by atoms with van der Waals surface area (Å²) in [6, 6.07) is 11.4. The summed E-state index contributed by atoms with van der Waals surface area (Å²) in [6.07, 6.45) is 1.75. The van der Waals surface area contributed by atoms with Crippen molar-refractivity contribution in [3.05, 3.63) is 63.8 Å². The molecule has 138 valence electrons. The standard InChI is InChI=1S/C19H18N4O2S2/c1-3-7-15-21-17(25-22-15)12(2)27-19-20-14-10-11-26-16(14)18(24)23(19)13-8-5-4-6-9-13/h4-6,8-12H,3,7H2,1-2H3/t12-/m1/s1. The van der Waals surface area contributed by atoms with Crippen LogP contribution in [0.5, 0.6) is 0 Å². The van der Waals surface area contributed by atoms with E-state index in [-0.39, 0.29) is 10.8 Å². The Morgan fingerprint density at radius 1 is 1.22 bits per heavy atom. The van der Waals surface area contributed by atoms with Crippen molar-refractivity contribution in [2.24, 2.45) is 0 Å². The van der Waals surface area contributed by atoms with Crippen LogP contribution in [0.15, 0.2) is 56.3 Å². The summed E-state index contributed by atoms with van der Waals surface area (Å²) in [5, 5.41) is 6.40. The van der Waals surface area contributed by atoms with E-state index in [4.69, 9.17) is 9.51 Å². The number of para-hydroxylation sites is 1. The first-order valence-corrected chi connectivity index (χ1v) is 10.5. The average Bonchev–Trinajstić information content (AvgIpc) is 3.32. The molecule has 0 fully saturated rings. The number of benzene rings is 1. The SMILES string of the molecule is CCCc1noc([C@@H](C)Sc2nc3ccsc3c(=O)n2-c2ccccc2)n1. The Labute approximate surface area is 164 Å². The van der Waals surface area contributed by atoms with Gasteiger partial charge in [0.2, 0.25) is 5.89 Å². The Morgan fingerprint density at radius 2 is 2.04 bits per heavy atom. The van der Waals surface area contributed by atoms with Gasteiger partial charge in [0.05, 0.1) is 16.5 Å². The van der Waals surface area contributed by atoms with E-state index in [2.05, 4.69) is 17.1 Å². The normalized spacial score (nSPS) is 12.5. The summed E-state index contributed by atoms with van der Waals surface area (Å²) in [7, 11) is 0. The van der Waals surface area contributed by atoms with Gasteiger partial charge in [-0.15, -0.1) is 11.3 Å². The van der Waals surface area contributed by atoms with Gasteiger partial charge >= 0.3 is 0 Å². The largest absolute Gasteiger partial charge is 0.338 e. The molecule has 0 amide bonds. The van der Waals surface area contributed by atoms with Crippen LogP contribution in [-0.4, -0.2) is 19.7 Å². The zero-order valence-corrected chi connectivity index (χ0v) is 16.6. The predicted octanol–water partition coefficient (Wildman–Crippen LogP) is 4.64. The maximum Gasteiger partial charge on any atom is 0.276 e. The maximum absolute atomic E-state index is 13.1. The van der Waals surface area contributed by atoms with Crippen molar-refractivity contribution in [3.63, 3.8) is 0 Å². The molecule has 0 aliphatic rings. The molecule has 0 saturated heterocycles. The van der Waals surface area contributed by atoms with Crippen LogP contribution in [0, 0.1) is 0 Å².